The van der Waals surface area contributed by atoms with Crippen molar-refractivity contribution < 1.29 is 9.59 Å². The van der Waals surface area contributed by atoms with Crippen molar-refractivity contribution in [1.82, 2.24) is 10.2 Å². The maximum atomic E-state index is 11.9. The molecule has 1 aliphatic rings. The molecule has 1 saturated carbocycles. The highest BCUT2D eigenvalue weighted by atomic mass is 16.2. The zero-order valence-electron chi connectivity index (χ0n) is 11.9. The summed E-state index contributed by atoms with van der Waals surface area (Å²) in [5.41, 5.74) is 0. The Morgan fingerprint density at radius 3 is 2.50 bits per heavy atom. The number of hydrogen-bond acceptors (Lipinski definition) is 2. The van der Waals surface area contributed by atoms with Gasteiger partial charge in [0.25, 0.3) is 0 Å². The van der Waals surface area contributed by atoms with Crippen LogP contribution in [0.4, 0.5) is 0 Å². The first-order chi connectivity index (χ1) is 8.52. The molecule has 0 aromatic rings. The minimum absolute atomic E-state index is 0.0177. The zero-order chi connectivity index (χ0) is 13.5. The van der Waals surface area contributed by atoms with Crippen LogP contribution in [0.15, 0.2) is 0 Å². The molecule has 1 fully saturated rings. The van der Waals surface area contributed by atoms with E-state index in [4.69, 9.17) is 0 Å². The first-order valence-electron chi connectivity index (χ1n) is 7.02. The molecule has 1 aliphatic carbocycles. The minimum atomic E-state index is 0.0177. The molecule has 0 heterocycles. The van der Waals surface area contributed by atoms with E-state index in [1.807, 2.05) is 11.9 Å². The van der Waals surface area contributed by atoms with Gasteiger partial charge in [-0.3, -0.25) is 9.59 Å². The minimum Gasteiger partial charge on any atom is -0.356 e. The van der Waals surface area contributed by atoms with Crippen LogP contribution < -0.4 is 5.32 Å². The SMILES string of the molecule is CC(=O)NCCCCCC(=O)N(C)C(C)C1CC1. The van der Waals surface area contributed by atoms with E-state index in [1.165, 1.54) is 19.8 Å². The van der Waals surface area contributed by atoms with Gasteiger partial charge in [0.1, 0.15) is 0 Å². The third kappa shape index (κ3) is 5.52. The molecule has 0 aliphatic heterocycles. The van der Waals surface area contributed by atoms with Gasteiger partial charge in [-0.2, -0.15) is 0 Å². The van der Waals surface area contributed by atoms with Crippen LogP contribution in [-0.2, 0) is 9.59 Å². The fourth-order valence-electron chi connectivity index (χ4n) is 2.14. The predicted molar refractivity (Wildman–Crippen MR) is 72.1 cm³/mol. The largest absolute Gasteiger partial charge is 0.356 e. The molecule has 1 atom stereocenters. The van der Waals surface area contributed by atoms with Gasteiger partial charge in [-0.15, -0.1) is 0 Å². The molecule has 0 aromatic heterocycles. The molecule has 0 spiro atoms. The van der Waals surface area contributed by atoms with Gasteiger partial charge >= 0.3 is 0 Å². The van der Waals surface area contributed by atoms with Gasteiger partial charge in [-0.25, -0.2) is 0 Å². The number of unbranched alkanes of at least 4 members (excludes halogenated alkanes) is 2. The van der Waals surface area contributed by atoms with E-state index < -0.39 is 0 Å². The Hall–Kier alpha value is -1.06. The van der Waals surface area contributed by atoms with Crippen LogP contribution in [0.1, 0.15) is 52.4 Å². The first-order valence-corrected chi connectivity index (χ1v) is 7.02. The van der Waals surface area contributed by atoms with Crippen molar-refractivity contribution in [2.24, 2.45) is 5.92 Å². The Kier molecular flexibility index (Phi) is 6.16. The molecule has 4 nitrogen and oxygen atoms in total. The standard InChI is InChI=1S/C14H26N2O2/c1-11(13-8-9-13)16(3)14(18)7-5-4-6-10-15-12(2)17/h11,13H,4-10H2,1-3H3,(H,15,17). The van der Waals surface area contributed by atoms with Crippen molar-refractivity contribution in [2.75, 3.05) is 13.6 Å². The average Bonchev–Trinajstić information content (AvgIpc) is 3.15. The zero-order valence-corrected chi connectivity index (χ0v) is 11.9. The molecule has 1 N–H and O–H groups in total. The lowest BCUT2D eigenvalue weighted by Crippen LogP contribution is -2.36. The summed E-state index contributed by atoms with van der Waals surface area (Å²) in [6.07, 6.45) is 6.05. The number of rotatable bonds is 8. The number of hydrogen-bond donors (Lipinski definition) is 1. The summed E-state index contributed by atoms with van der Waals surface area (Å²) < 4.78 is 0. The van der Waals surface area contributed by atoms with Crippen molar-refractivity contribution >= 4 is 11.8 Å². The van der Waals surface area contributed by atoms with Gasteiger partial charge in [-0.05, 0) is 38.5 Å². The van der Waals surface area contributed by atoms with Gasteiger partial charge < -0.3 is 10.2 Å². The van der Waals surface area contributed by atoms with Gasteiger partial charge in [0.2, 0.25) is 11.8 Å². The van der Waals surface area contributed by atoms with Gasteiger partial charge in [0.05, 0.1) is 0 Å². The molecule has 0 bridgehead atoms. The van der Waals surface area contributed by atoms with Crippen LogP contribution in [0.2, 0.25) is 0 Å². The summed E-state index contributed by atoms with van der Waals surface area (Å²) in [5, 5.41) is 2.76. The Balaban J connectivity index is 2.03. The smallest absolute Gasteiger partial charge is 0.222 e. The molecular weight excluding hydrogens is 228 g/mol. The normalized spacial score (nSPS) is 16.2. The number of carbonyl (C=O) groups excluding carboxylic acids is 2. The second-order valence-corrected chi connectivity index (χ2v) is 5.38. The Morgan fingerprint density at radius 1 is 1.28 bits per heavy atom. The molecule has 0 aromatic carbocycles. The molecule has 104 valence electrons. The number of amides is 2. The van der Waals surface area contributed by atoms with Gasteiger partial charge in [0, 0.05) is 33.0 Å². The van der Waals surface area contributed by atoms with Gasteiger partial charge in [0.15, 0.2) is 0 Å². The lowest BCUT2D eigenvalue weighted by atomic mass is 10.1. The maximum Gasteiger partial charge on any atom is 0.222 e. The van der Waals surface area contributed by atoms with E-state index in [1.54, 1.807) is 0 Å². The molecule has 18 heavy (non-hydrogen) atoms. The number of nitrogens with one attached hydrogen (secondary N) is 1. The van der Waals surface area contributed by atoms with Gasteiger partial charge in [-0.1, -0.05) is 6.42 Å². The second kappa shape index (κ2) is 7.39. The fourth-order valence-corrected chi connectivity index (χ4v) is 2.14. The topological polar surface area (TPSA) is 49.4 Å². The monoisotopic (exact) mass is 254 g/mol. The Labute approximate surface area is 110 Å². The van der Waals surface area contributed by atoms with E-state index in [0.717, 1.165) is 31.7 Å². The van der Waals surface area contributed by atoms with Crippen LogP contribution >= 0.6 is 0 Å². The van der Waals surface area contributed by atoms with Crippen LogP contribution in [-0.4, -0.2) is 36.3 Å². The van der Waals surface area contributed by atoms with E-state index in [-0.39, 0.29) is 11.8 Å². The molecular formula is C14H26N2O2. The third-order valence-electron chi connectivity index (χ3n) is 3.75. The number of nitrogens with zero attached hydrogens (tertiary/aromatic N) is 1. The summed E-state index contributed by atoms with van der Waals surface area (Å²) in [6, 6.07) is 0.400. The van der Waals surface area contributed by atoms with E-state index in [2.05, 4.69) is 12.2 Å². The maximum absolute atomic E-state index is 11.9. The fraction of sp³-hybridized carbons (Fsp3) is 0.857. The van der Waals surface area contributed by atoms with Crippen LogP contribution in [0, 0.1) is 5.92 Å². The quantitative estimate of drug-likeness (QED) is 0.673. The van der Waals surface area contributed by atoms with E-state index in [0.29, 0.717) is 12.5 Å². The second-order valence-electron chi connectivity index (χ2n) is 5.38. The average molecular weight is 254 g/mol. The third-order valence-corrected chi connectivity index (χ3v) is 3.75. The van der Waals surface area contributed by atoms with E-state index >= 15 is 0 Å². The van der Waals surface area contributed by atoms with Crippen molar-refractivity contribution in [3.8, 4) is 0 Å². The molecule has 0 radical (unpaired) electrons. The van der Waals surface area contributed by atoms with Crippen molar-refractivity contribution in [1.29, 1.82) is 0 Å². The summed E-state index contributed by atoms with van der Waals surface area (Å²) in [5.74, 6) is 1.01. The summed E-state index contributed by atoms with van der Waals surface area (Å²) in [4.78, 5) is 24.5. The highest BCUT2D eigenvalue weighted by molar-refractivity contribution is 5.76. The van der Waals surface area contributed by atoms with Crippen molar-refractivity contribution in [3.05, 3.63) is 0 Å². The highest BCUT2D eigenvalue weighted by Crippen LogP contribution is 2.34. The summed E-state index contributed by atoms with van der Waals surface area (Å²) in [6.45, 7) is 4.39. The molecule has 4 heteroatoms. The highest BCUT2D eigenvalue weighted by Gasteiger charge is 2.31. The van der Waals surface area contributed by atoms with Crippen molar-refractivity contribution in [3.63, 3.8) is 0 Å². The van der Waals surface area contributed by atoms with Crippen LogP contribution in [0.25, 0.3) is 0 Å². The lowest BCUT2D eigenvalue weighted by molar-refractivity contribution is -0.132. The predicted octanol–water partition coefficient (Wildman–Crippen LogP) is 1.94. The summed E-state index contributed by atoms with van der Waals surface area (Å²) >= 11 is 0. The first kappa shape index (κ1) is 15.0. The molecule has 1 unspecified atom stereocenters. The Morgan fingerprint density at radius 2 is 1.94 bits per heavy atom. The van der Waals surface area contributed by atoms with Crippen LogP contribution in [0.3, 0.4) is 0 Å². The molecule has 1 rings (SSSR count). The van der Waals surface area contributed by atoms with Crippen molar-refractivity contribution in [2.45, 2.75) is 58.4 Å². The van der Waals surface area contributed by atoms with E-state index in [9.17, 15) is 9.59 Å². The lowest BCUT2D eigenvalue weighted by Gasteiger charge is -2.24. The molecule has 0 saturated heterocycles. The van der Waals surface area contributed by atoms with Crippen LogP contribution in [0.5, 0.6) is 0 Å². The number of carbonyl (C=O) groups is 2. The molecule has 2 amide bonds. The summed E-state index contributed by atoms with van der Waals surface area (Å²) in [7, 11) is 1.92. The Bertz CT molecular complexity index is 288.